The molecule has 0 spiro atoms. The molecule has 1 saturated heterocycles. The van der Waals surface area contributed by atoms with Crippen LogP contribution in [0.15, 0.2) is 41.7 Å². The topological polar surface area (TPSA) is 150 Å². The molecule has 3 rings (SSSR count). The van der Waals surface area contributed by atoms with Crippen LogP contribution < -0.4 is 16.0 Å². The van der Waals surface area contributed by atoms with E-state index in [1.807, 2.05) is 5.32 Å². The average molecular weight is 502 g/mol. The maximum Gasteiger partial charge on any atom is 0.418 e. The Morgan fingerprint density at radius 1 is 1.18 bits per heavy atom. The van der Waals surface area contributed by atoms with Gasteiger partial charge in [0.1, 0.15) is 5.69 Å². The number of aromatic amines is 1. The number of oxime groups is 1. The van der Waals surface area contributed by atoms with Gasteiger partial charge in [-0.15, -0.1) is 0 Å². The molecule has 1 fully saturated rings. The standard InChI is InChI=1S/C19H21F3N6O5S/c1-34(31,32)33-26-18(23)25-16(29)12-4-5-15(13(11-12)19(20,21)22)27-7-9-28(10-8-27)17(30)14-3-2-6-24-14/h2-6,11,24H,7-10H2,1H3,(H3,23,25,26,29). The number of nitrogens with zero attached hydrogens (tertiary/aromatic N) is 3. The molecule has 0 radical (unpaired) electrons. The number of guanidine groups is 1. The van der Waals surface area contributed by atoms with Gasteiger partial charge in [-0.2, -0.15) is 21.6 Å². The number of H-pyrrole nitrogens is 1. The van der Waals surface area contributed by atoms with Crippen molar-refractivity contribution in [3.05, 3.63) is 53.3 Å². The third-order valence-electron chi connectivity index (χ3n) is 4.81. The molecule has 0 saturated carbocycles. The second-order valence-corrected chi connectivity index (χ2v) is 8.86. The molecule has 15 heteroatoms. The lowest BCUT2D eigenvalue weighted by Gasteiger charge is -2.37. The van der Waals surface area contributed by atoms with Crippen LogP contribution in [0.1, 0.15) is 26.4 Å². The summed E-state index contributed by atoms with van der Waals surface area (Å²) < 4.78 is 67.2. The van der Waals surface area contributed by atoms with Crippen molar-refractivity contribution in [2.24, 2.45) is 10.9 Å². The van der Waals surface area contributed by atoms with Crippen molar-refractivity contribution in [3.63, 3.8) is 0 Å². The third-order valence-corrected chi connectivity index (χ3v) is 5.16. The number of amides is 2. The van der Waals surface area contributed by atoms with Gasteiger partial charge in [-0.05, 0) is 35.5 Å². The largest absolute Gasteiger partial charge is 0.418 e. The zero-order valence-corrected chi connectivity index (χ0v) is 18.6. The van der Waals surface area contributed by atoms with Crippen molar-refractivity contribution < 1.29 is 35.5 Å². The highest BCUT2D eigenvalue weighted by Crippen LogP contribution is 2.37. The summed E-state index contributed by atoms with van der Waals surface area (Å²) in [6.45, 7) is 0.739. The second-order valence-electron chi connectivity index (χ2n) is 7.30. The molecule has 1 aromatic heterocycles. The van der Waals surface area contributed by atoms with Gasteiger partial charge in [0, 0.05) is 43.6 Å². The summed E-state index contributed by atoms with van der Waals surface area (Å²) in [7, 11) is -3.99. The van der Waals surface area contributed by atoms with Gasteiger partial charge in [0.25, 0.3) is 11.8 Å². The molecule has 184 valence electrons. The van der Waals surface area contributed by atoms with E-state index in [-0.39, 0.29) is 43.3 Å². The van der Waals surface area contributed by atoms with Crippen LogP contribution in [0, 0.1) is 0 Å². The van der Waals surface area contributed by atoms with Crippen molar-refractivity contribution in [1.82, 2.24) is 15.2 Å². The maximum absolute atomic E-state index is 13.8. The molecular formula is C19H21F3N6O5S. The molecule has 1 aliphatic rings. The number of rotatable bonds is 5. The quantitative estimate of drug-likeness (QED) is 0.313. The summed E-state index contributed by atoms with van der Waals surface area (Å²) in [6, 6.07) is 6.27. The minimum Gasteiger partial charge on any atom is -0.367 e. The van der Waals surface area contributed by atoms with Gasteiger partial charge in [-0.1, -0.05) is 0 Å². The molecular weight excluding hydrogens is 481 g/mol. The number of anilines is 1. The lowest BCUT2D eigenvalue weighted by Crippen LogP contribution is -2.49. The number of halogens is 3. The first-order valence-corrected chi connectivity index (χ1v) is 11.6. The summed E-state index contributed by atoms with van der Waals surface area (Å²) >= 11 is 0. The van der Waals surface area contributed by atoms with Gasteiger partial charge in [-0.25, -0.2) is 0 Å². The summed E-state index contributed by atoms with van der Waals surface area (Å²) in [5, 5.41) is 4.92. The SMILES string of the molecule is CS(=O)(=O)ON=C(N)NC(=O)c1ccc(N2CCN(C(=O)c3ccc[nH]3)CC2)c(C(F)(F)F)c1. The summed E-state index contributed by atoms with van der Waals surface area (Å²) in [4.78, 5) is 30.5. The van der Waals surface area contributed by atoms with Gasteiger partial charge in [0.2, 0.25) is 5.96 Å². The van der Waals surface area contributed by atoms with Gasteiger partial charge < -0.3 is 20.5 Å². The van der Waals surface area contributed by atoms with E-state index in [0.717, 1.165) is 6.07 Å². The third kappa shape index (κ3) is 6.18. The number of piperazine rings is 1. The molecule has 0 atom stereocenters. The zero-order chi connectivity index (χ0) is 25.1. The Morgan fingerprint density at radius 2 is 1.85 bits per heavy atom. The van der Waals surface area contributed by atoms with E-state index < -0.39 is 33.7 Å². The minimum atomic E-state index is -4.78. The fraction of sp³-hybridized carbons (Fsp3) is 0.316. The van der Waals surface area contributed by atoms with Crippen LogP contribution in [0.2, 0.25) is 0 Å². The fourth-order valence-corrected chi connectivity index (χ4v) is 3.50. The number of carbonyl (C=O) groups excluding carboxylic acids is 2. The van der Waals surface area contributed by atoms with Crippen LogP contribution in [-0.4, -0.2) is 68.5 Å². The molecule has 11 nitrogen and oxygen atoms in total. The van der Waals surface area contributed by atoms with Gasteiger partial charge in [0.15, 0.2) is 0 Å². The normalized spacial score (nSPS) is 15.2. The van der Waals surface area contributed by atoms with Gasteiger partial charge in [-0.3, -0.25) is 19.2 Å². The number of carbonyl (C=O) groups is 2. The van der Waals surface area contributed by atoms with Crippen molar-refractivity contribution >= 4 is 33.6 Å². The van der Waals surface area contributed by atoms with Crippen LogP contribution in [0.25, 0.3) is 0 Å². The van der Waals surface area contributed by atoms with E-state index in [9.17, 15) is 31.2 Å². The minimum absolute atomic E-state index is 0.141. The van der Waals surface area contributed by atoms with E-state index in [2.05, 4.69) is 14.4 Å². The first kappa shape index (κ1) is 24.9. The van der Waals surface area contributed by atoms with Gasteiger partial charge >= 0.3 is 16.3 Å². The average Bonchev–Trinajstić information content (AvgIpc) is 3.31. The predicted octanol–water partition coefficient (Wildman–Crippen LogP) is 0.932. The van der Waals surface area contributed by atoms with E-state index in [1.54, 1.807) is 18.3 Å². The molecule has 34 heavy (non-hydrogen) atoms. The van der Waals surface area contributed by atoms with E-state index in [1.165, 1.54) is 15.9 Å². The number of nitrogens with two attached hydrogens (primary N) is 1. The van der Waals surface area contributed by atoms with Crippen molar-refractivity contribution in [3.8, 4) is 0 Å². The van der Waals surface area contributed by atoms with Crippen LogP contribution in [0.4, 0.5) is 18.9 Å². The highest BCUT2D eigenvalue weighted by atomic mass is 32.2. The van der Waals surface area contributed by atoms with E-state index >= 15 is 0 Å². The first-order chi connectivity index (χ1) is 15.8. The first-order valence-electron chi connectivity index (χ1n) is 9.77. The Kier molecular flexibility index (Phi) is 7.04. The van der Waals surface area contributed by atoms with Crippen LogP contribution in [-0.2, 0) is 20.6 Å². The Bertz CT molecular complexity index is 1190. The van der Waals surface area contributed by atoms with Crippen LogP contribution in [0.5, 0.6) is 0 Å². The monoisotopic (exact) mass is 502 g/mol. The van der Waals surface area contributed by atoms with Crippen LogP contribution >= 0.6 is 0 Å². The number of alkyl halides is 3. The Hall–Kier alpha value is -3.75. The molecule has 1 aliphatic heterocycles. The summed E-state index contributed by atoms with van der Waals surface area (Å²) in [5.74, 6) is -2.04. The Labute approximate surface area is 192 Å². The Balaban J connectivity index is 1.75. The number of nitrogens with one attached hydrogen (secondary N) is 2. The van der Waals surface area contributed by atoms with Crippen molar-refractivity contribution in [2.75, 3.05) is 37.3 Å². The molecule has 0 unspecified atom stereocenters. The highest BCUT2D eigenvalue weighted by molar-refractivity contribution is 7.85. The predicted molar refractivity (Wildman–Crippen MR) is 115 cm³/mol. The summed E-state index contributed by atoms with van der Waals surface area (Å²) in [6.07, 6.45) is -2.48. The van der Waals surface area contributed by atoms with Crippen LogP contribution in [0.3, 0.4) is 0 Å². The Morgan fingerprint density at radius 3 is 2.41 bits per heavy atom. The smallest absolute Gasteiger partial charge is 0.367 e. The van der Waals surface area contributed by atoms with E-state index in [0.29, 0.717) is 18.0 Å². The molecule has 2 heterocycles. The fourth-order valence-electron chi connectivity index (χ4n) is 3.28. The number of benzene rings is 1. The molecule has 2 amide bonds. The molecule has 0 aliphatic carbocycles. The summed E-state index contributed by atoms with van der Waals surface area (Å²) in [5.41, 5.74) is 4.15. The van der Waals surface area contributed by atoms with Gasteiger partial charge in [0.05, 0.1) is 11.8 Å². The molecule has 1 aromatic carbocycles. The van der Waals surface area contributed by atoms with Crippen molar-refractivity contribution in [1.29, 1.82) is 0 Å². The molecule has 2 aromatic rings. The lowest BCUT2D eigenvalue weighted by molar-refractivity contribution is -0.137. The zero-order valence-electron chi connectivity index (χ0n) is 17.8. The van der Waals surface area contributed by atoms with E-state index in [4.69, 9.17) is 5.73 Å². The highest BCUT2D eigenvalue weighted by Gasteiger charge is 2.36. The number of hydrogen-bond acceptors (Lipinski definition) is 7. The van der Waals surface area contributed by atoms with Crippen molar-refractivity contribution in [2.45, 2.75) is 6.18 Å². The molecule has 4 N–H and O–H groups in total. The molecule has 0 bridgehead atoms. The lowest BCUT2D eigenvalue weighted by atomic mass is 10.1. The number of hydrogen-bond donors (Lipinski definition) is 3. The second kappa shape index (κ2) is 9.62. The maximum atomic E-state index is 13.8. The number of aromatic nitrogens is 1.